The Labute approximate surface area is 252 Å². The average molecular weight is 608 g/mol. The number of carbonyl (C=O) groups excluding carboxylic acids is 2. The molecule has 0 spiro atoms. The number of carbonyl (C=O) groups is 2. The Morgan fingerprint density at radius 3 is 2.89 bits per heavy atom. The van der Waals surface area contributed by atoms with Crippen molar-refractivity contribution in [3.05, 3.63) is 60.8 Å². The van der Waals surface area contributed by atoms with E-state index in [2.05, 4.69) is 30.6 Å². The minimum atomic E-state index is -0.962. The molecule has 0 saturated carbocycles. The number of hydrogen-bond donors (Lipinski definition) is 3. The molecule has 1 fully saturated rings. The maximum absolute atomic E-state index is 13.5. The summed E-state index contributed by atoms with van der Waals surface area (Å²) >= 11 is 0. The van der Waals surface area contributed by atoms with Gasteiger partial charge in [-0.1, -0.05) is 6.07 Å². The van der Waals surface area contributed by atoms with Crippen LogP contribution in [0.15, 0.2) is 55.0 Å². The molecule has 232 valence electrons. The molecule has 0 unspecified atom stereocenters. The second kappa shape index (κ2) is 14.6. The van der Waals surface area contributed by atoms with Crippen LogP contribution in [0.4, 0.5) is 26.4 Å². The molecule has 4 aromatic rings. The number of rotatable bonds is 13. The van der Waals surface area contributed by atoms with E-state index in [0.29, 0.717) is 34.8 Å². The minimum absolute atomic E-state index is 0.0979. The van der Waals surface area contributed by atoms with Crippen molar-refractivity contribution in [3.8, 4) is 11.6 Å². The maximum Gasteiger partial charge on any atom is 0.515 e. The van der Waals surface area contributed by atoms with Gasteiger partial charge in [0.2, 0.25) is 5.91 Å². The van der Waals surface area contributed by atoms with Gasteiger partial charge >= 0.3 is 6.16 Å². The van der Waals surface area contributed by atoms with Gasteiger partial charge in [-0.15, -0.1) is 5.10 Å². The third kappa shape index (κ3) is 7.96. The van der Waals surface area contributed by atoms with Gasteiger partial charge in [0.15, 0.2) is 0 Å². The predicted molar refractivity (Wildman–Crippen MR) is 160 cm³/mol. The van der Waals surface area contributed by atoms with Gasteiger partial charge in [0.05, 0.1) is 31.5 Å². The first-order valence-electron chi connectivity index (χ1n) is 14.4. The van der Waals surface area contributed by atoms with E-state index in [0.717, 1.165) is 32.4 Å². The summed E-state index contributed by atoms with van der Waals surface area (Å²) in [5.41, 5.74) is 1.16. The lowest BCUT2D eigenvalue weighted by molar-refractivity contribution is -0.116. The van der Waals surface area contributed by atoms with Gasteiger partial charge in [-0.2, -0.15) is 0 Å². The third-order valence-electron chi connectivity index (χ3n) is 7.01. The summed E-state index contributed by atoms with van der Waals surface area (Å²) in [7, 11) is 0. The van der Waals surface area contributed by atoms with Gasteiger partial charge in [0, 0.05) is 29.7 Å². The van der Waals surface area contributed by atoms with Crippen molar-refractivity contribution in [2.75, 3.05) is 43.5 Å². The minimum Gasteiger partial charge on any atom is -0.493 e. The van der Waals surface area contributed by atoms with E-state index >= 15 is 0 Å². The largest absolute Gasteiger partial charge is 0.515 e. The number of fused-ring (bicyclic) bond motifs is 1. The number of benzene rings is 2. The number of nitrogens with zero attached hydrogens (tertiary/aromatic N) is 5. The van der Waals surface area contributed by atoms with Crippen LogP contribution in [0, 0.1) is 5.82 Å². The van der Waals surface area contributed by atoms with E-state index in [4.69, 9.17) is 14.2 Å². The summed E-state index contributed by atoms with van der Waals surface area (Å²) < 4.78 is 30.9. The molecule has 1 saturated heterocycles. The van der Waals surface area contributed by atoms with Crippen LogP contribution < -0.4 is 20.1 Å². The highest BCUT2D eigenvalue weighted by atomic mass is 19.1. The van der Waals surface area contributed by atoms with Gasteiger partial charge in [0.25, 0.3) is 5.88 Å². The number of anilines is 3. The third-order valence-corrected chi connectivity index (χ3v) is 7.01. The number of aliphatic hydroxyl groups excluding tert-OH is 1. The number of aliphatic hydroxyl groups is 1. The molecular formula is C30H34FN7O6. The molecule has 3 heterocycles. The zero-order valence-corrected chi connectivity index (χ0v) is 24.2. The second-order valence-corrected chi connectivity index (χ2v) is 10.1. The number of aromatic nitrogens is 4. The summed E-state index contributed by atoms with van der Waals surface area (Å²) in [5, 5.41) is 20.1. The first-order chi connectivity index (χ1) is 21.4. The average Bonchev–Trinajstić information content (AvgIpc) is 3.61. The van der Waals surface area contributed by atoms with E-state index in [-0.39, 0.29) is 37.4 Å². The fourth-order valence-corrected chi connectivity index (χ4v) is 4.99. The van der Waals surface area contributed by atoms with Crippen molar-refractivity contribution in [1.82, 2.24) is 24.6 Å². The number of hydrogen-bond acceptors (Lipinski definition) is 11. The smallest absolute Gasteiger partial charge is 0.493 e. The standard InChI is InChI=1S/C30H34FN7O6/c1-2-42-30(41)44-29-26(16-38(36-29)17-27(40)34-21-7-3-6-20(31)14-21)35-28-24-10-9-23(15-25(24)32-19-33-28)43-13-5-12-37-11-4-8-22(37)18-39/h3,6-7,9-10,14-16,19,22,39H,2,4-5,8,11-13,17-18H2,1H3,(H,34,40)(H,32,33,35)/t22-/m1/s1. The number of halogens is 1. The topological polar surface area (TPSA) is 153 Å². The van der Waals surface area contributed by atoms with E-state index in [1.807, 2.05) is 18.2 Å². The molecular weight excluding hydrogens is 573 g/mol. The van der Waals surface area contributed by atoms with Gasteiger partial charge in [0.1, 0.15) is 35.9 Å². The molecule has 1 aliphatic heterocycles. The SMILES string of the molecule is CCOC(=O)Oc1nn(CC(=O)Nc2cccc(F)c2)cc1Nc1ncnc2cc(OCCCN3CCC[C@@H]3CO)ccc12. The fourth-order valence-electron chi connectivity index (χ4n) is 4.99. The summed E-state index contributed by atoms with van der Waals surface area (Å²) in [6, 6.07) is 11.2. The first kappa shape index (κ1) is 30.6. The molecule has 1 atom stereocenters. The summed E-state index contributed by atoms with van der Waals surface area (Å²) in [4.78, 5) is 35.7. The van der Waals surface area contributed by atoms with Crippen LogP contribution in [0.1, 0.15) is 26.2 Å². The van der Waals surface area contributed by atoms with Crippen LogP contribution in [0.25, 0.3) is 10.9 Å². The zero-order valence-electron chi connectivity index (χ0n) is 24.2. The van der Waals surface area contributed by atoms with Crippen LogP contribution >= 0.6 is 0 Å². The van der Waals surface area contributed by atoms with Gasteiger partial charge in [-0.3, -0.25) is 14.4 Å². The zero-order chi connectivity index (χ0) is 30.9. The van der Waals surface area contributed by atoms with Crippen LogP contribution in [0.3, 0.4) is 0 Å². The fraction of sp³-hybridized carbons (Fsp3) is 0.367. The molecule has 14 heteroatoms. The van der Waals surface area contributed by atoms with E-state index < -0.39 is 17.9 Å². The van der Waals surface area contributed by atoms with Crippen molar-refractivity contribution >= 4 is 40.2 Å². The molecule has 2 aromatic carbocycles. The molecule has 3 N–H and O–H groups in total. The van der Waals surface area contributed by atoms with Crippen molar-refractivity contribution in [2.24, 2.45) is 0 Å². The molecule has 0 bridgehead atoms. The van der Waals surface area contributed by atoms with Crippen LogP contribution in [0.5, 0.6) is 11.6 Å². The highest BCUT2D eigenvalue weighted by Gasteiger charge is 2.23. The molecule has 44 heavy (non-hydrogen) atoms. The highest BCUT2D eigenvalue weighted by Crippen LogP contribution is 2.30. The molecule has 1 aliphatic rings. The molecule has 0 aliphatic carbocycles. The Balaban J connectivity index is 1.27. The number of likely N-dealkylation sites (tertiary alicyclic amines) is 1. The summed E-state index contributed by atoms with van der Waals surface area (Å²) in [5.74, 6) is -0.0197. The van der Waals surface area contributed by atoms with E-state index in [1.165, 1.54) is 35.4 Å². The lowest BCUT2D eigenvalue weighted by Crippen LogP contribution is -2.33. The Hall–Kier alpha value is -4.82. The highest BCUT2D eigenvalue weighted by molar-refractivity contribution is 5.92. The first-order valence-corrected chi connectivity index (χ1v) is 14.4. The number of ether oxygens (including phenoxy) is 3. The molecule has 13 nitrogen and oxygen atoms in total. The maximum atomic E-state index is 13.5. The summed E-state index contributed by atoms with van der Waals surface area (Å²) in [6.07, 6.45) is 4.87. The van der Waals surface area contributed by atoms with Gasteiger partial charge < -0.3 is 30.0 Å². The number of nitrogens with one attached hydrogen (secondary N) is 2. The Bertz CT molecular complexity index is 1600. The monoisotopic (exact) mass is 607 g/mol. The molecule has 5 rings (SSSR count). The second-order valence-electron chi connectivity index (χ2n) is 10.1. The van der Waals surface area contributed by atoms with Crippen LogP contribution in [-0.4, -0.2) is 80.8 Å². The normalized spacial score (nSPS) is 14.8. The number of amides is 1. The predicted octanol–water partition coefficient (Wildman–Crippen LogP) is 4.11. The van der Waals surface area contributed by atoms with E-state index in [1.54, 1.807) is 13.0 Å². The Kier molecular flexibility index (Phi) is 10.1. The van der Waals surface area contributed by atoms with E-state index in [9.17, 15) is 19.1 Å². The quantitative estimate of drug-likeness (QED) is 0.149. The molecule has 0 radical (unpaired) electrons. The van der Waals surface area contributed by atoms with Crippen LogP contribution in [-0.2, 0) is 16.1 Å². The van der Waals surface area contributed by atoms with Crippen molar-refractivity contribution in [1.29, 1.82) is 0 Å². The van der Waals surface area contributed by atoms with Gasteiger partial charge in [-0.25, -0.2) is 19.2 Å². The Morgan fingerprint density at radius 2 is 2.07 bits per heavy atom. The van der Waals surface area contributed by atoms with Crippen molar-refractivity contribution < 1.29 is 33.3 Å². The molecule has 2 aromatic heterocycles. The summed E-state index contributed by atoms with van der Waals surface area (Å²) in [6.45, 7) is 4.07. The van der Waals surface area contributed by atoms with Crippen LogP contribution in [0.2, 0.25) is 0 Å². The lowest BCUT2D eigenvalue weighted by atomic mass is 10.2. The molecule has 1 amide bonds. The van der Waals surface area contributed by atoms with Crippen molar-refractivity contribution in [2.45, 2.75) is 38.8 Å². The van der Waals surface area contributed by atoms with Crippen molar-refractivity contribution in [3.63, 3.8) is 0 Å². The Morgan fingerprint density at radius 1 is 1.18 bits per heavy atom. The lowest BCUT2D eigenvalue weighted by Gasteiger charge is -2.22. The van der Waals surface area contributed by atoms with Gasteiger partial charge in [-0.05, 0) is 63.1 Å².